The first-order valence-corrected chi connectivity index (χ1v) is 5.80. The molecule has 0 saturated heterocycles. The highest BCUT2D eigenvalue weighted by Crippen LogP contribution is 2.20. The van der Waals surface area contributed by atoms with Gasteiger partial charge < -0.3 is 9.30 Å². The molecule has 0 aliphatic heterocycles. The lowest BCUT2D eigenvalue weighted by Gasteiger charge is -2.16. The van der Waals surface area contributed by atoms with Crippen LogP contribution in [0.1, 0.15) is 13.0 Å². The van der Waals surface area contributed by atoms with E-state index in [9.17, 15) is 9.59 Å². The summed E-state index contributed by atoms with van der Waals surface area (Å²) in [5.41, 5.74) is 0.517. The van der Waals surface area contributed by atoms with E-state index in [1.54, 1.807) is 35.9 Å². The number of halogens is 1. The second kappa shape index (κ2) is 4.82. The summed E-state index contributed by atoms with van der Waals surface area (Å²) in [6, 6.07) is 5.88. The zero-order valence-electron chi connectivity index (χ0n) is 10.0. The molecule has 2 aromatic rings. The summed E-state index contributed by atoms with van der Waals surface area (Å²) in [5, 5.41) is 1.04. The SMILES string of the molecule is COC(=O)C(C)n1ccc(=O)c2ccc(Cl)cc21. The summed E-state index contributed by atoms with van der Waals surface area (Å²) in [7, 11) is 1.33. The van der Waals surface area contributed by atoms with Gasteiger partial charge in [0.15, 0.2) is 5.43 Å². The molecule has 1 unspecified atom stereocenters. The van der Waals surface area contributed by atoms with Gasteiger partial charge in [-0.1, -0.05) is 11.6 Å². The van der Waals surface area contributed by atoms with E-state index in [1.807, 2.05) is 0 Å². The first-order chi connectivity index (χ1) is 8.54. The van der Waals surface area contributed by atoms with Crippen LogP contribution in [0.2, 0.25) is 5.02 Å². The Bertz CT molecular complexity index is 663. The maximum atomic E-state index is 11.7. The smallest absolute Gasteiger partial charge is 0.328 e. The largest absolute Gasteiger partial charge is 0.467 e. The fourth-order valence-electron chi connectivity index (χ4n) is 1.87. The lowest BCUT2D eigenvalue weighted by Crippen LogP contribution is -2.20. The van der Waals surface area contributed by atoms with E-state index in [0.29, 0.717) is 15.9 Å². The zero-order valence-corrected chi connectivity index (χ0v) is 10.8. The number of hydrogen-bond donors (Lipinski definition) is 0. The van der Waals surface area contributed by atoms with Crippen molar-refractivity contribution >= 4 is 28.5 Å². The first kappa shape index (κ1) is 12.6. The minimum atomic E-state index is -0.517. The Morgan fingerprint density at radius 3 is 2.78 bits per heavy atom. The van der Waals surface area contributed by atoms with Crippen LogP contribution in [-0.4, -0.2) is 17.6 Å². The number of nitrogens with zero attached hydrogens (tertiary/aromatic N) is 1. The van der Waals surface area contributed by atoms with Crippen molar-refractivity contribution in [3.63, 3.8) is 0 Å². The molecule has 0 aliphatic rings. The summed E-state index contributed by atoms with van der Waals surface area (Å²) < 4.78 is 6.38. The van der Waals surface area contributed by atoms with Crippen molar-refractivity contribution in [2.24, 2.45) is 0 Å². The molecule has 0 spiro atoms. The Morgan fingerprint density at radius 2 is 2.11 bits per heavy atom. The number of esters is 1. The van der Waals surface area contributed by atoms with Crippen molar-refractivity contribution in [1.29, 1.82) is 0 Å². The van der Waals surface area contributed by atoms with Gasteiger partial charge in [-0.25, -0.2) is 4.79 Å². The minimum Gasteiger partial charge on any atom is -0.467 e. The van der Waals surface area contributed by atoms with Crippen LogP contribution in [-0.2, 0) is 9.53 Å². The molecule has 1 aromatic carbocycles. The second-order valence-electron chi connectivity index (χ2n) is 3.95. The van der Waals surface area contributed by atoms with Gasteiger partial charge in [0, 0.05) is 22.7 Å². The number of methoxy groups -OCH3 is 1. The molecule has 5 heteroatoms. The van der Waals surface area contributed by atoms with Crippen molar-refractivity contribution in [3.8, 4) is 0 Å². The van der Waals surface area contributed by atoms with Gasteiger partial charge in [-0.2, -0.15) is 0 Å². The molecule has 0 amide bonds. The third kappa shape index (κ3) is 2.11. The molecule has 0 aliphatic carbocycles. The fourth-order valence-corrected chi connectivity index (χ4v) is 2.03. The molecule has 0 fully saturated rings. The van der Waals surface area contributed by atoms with E-state index in [4.69, 9.17) is 16.3 Å². The molecule has 4 nitrogen and oxygen atoms in total. The first-order valence-electron chi connectivity index (χ1n) is 5.43. The number of pyridine rings is 1. The summed E-state index contributed by atoms with van der Waals surface area (Å²) in [4.78, 5) is 23.3. The summed E-state index contributed by atoms with van der Waals surface area (Å²) in [6.07, 6.45) is 1.57. The average molecular weight is 266 g/mol. The second-order valence-corrected chi connectivity index (χ2v) is 4.38. The molecule has 1 atom stereocenters. The van der Waals surface area contributed by atoms with Gasteiger partial charge >= 0.3 is 5.97 Å². The van der Waals surface area contributed by atoms with E-state index in [2.05, 4.69) is 0 Å². The molecule has 1 aromatic heterocycles. The summed E-state index contributed by atoms with van der Waals surface area (Å²) in [5.74, 6) is -0.375. The quantitative estimate of drug-likeness (QED) is 0.784. The summed E-state index contributed by atoms with van der Waals surface area (Å²) >= 11 is 5.93. The molecule has 0 radical (unpaired) electrons. The number of carbonyl (C=O) groups is 1. The van der Waals surface area contributed by atoms with E-state index in [0.717, 1.165) is 0 Å². The molecular weight excluding hydrogens is 254 g/mol. The van der Waals surface area contributed by atoms with Crippen molar-refractivity contribution in [1.82, 2.24) is 4.57 Å². The van der Waals surface area contributed by atoms with Gasteiger partial charge in [0.05, 0.1) is 12.6 Å². The maximum absolute atomic E-state index is 11.7. The van der Waals surface area contributed by atoms with Crippen LogP contribution >= 0.6 is 11.6 Å². The predicted octanol–water partition coefficient (Wildman–Crippen LogP) is 2.39. The number of aromatic nitrogens is 1. The molecule has 94 valence electrons. The van der Waals surface area contributed by atoms with Gasteiger partial charge in [0.1, 0.15) is 6.04 Å². The van der Waals surface area contributed by atoms with Gasteiger partial charge in [-0.15, -0.1) is 0 Å². The highest BCUT2D eigenvalue weighted by molar-refractivity contribution is 6.31. The number of benzene rings is 1. The number of ether oxygens (including phenoxy) is 1. The van der Waals surface area contributed by atoms with Crippen LogP contribution in [0.3, 0.4) is 0 Å². The molecule has 2 rings (SSSR count). The molecule has 0 N–H and O–H groups in total. The highest BCUT2D eigenvalue weighted by Gasteiger charge is 2.16. The van der Waals surface area contributed by atoms with Crippen LogP contribution in [0.25, 0.3) is 10.9 Å². The molecule has 18 heavy (non-hydrogen) atoms. The van der Waals surface area contributed by atoms with Crippen molar-refractivity contribution in [2.75, 3.05) is 7.11 Å². The molecule has 0 bridgehead atoms. The predicted molar refractivity (Wildman–Crippen MR) is 69.9 cm³/mol. The maximum Gasteiger partial charge on any atom is 0.328 e. The molecule has 1 heterocycles. The van der Waals surface area contributed by atoms with E-state index >= 15 is 0 Å². The normalized spacial score (nSPS) is 12.4. The highest BCUT2D eigenvalue weighted by atomic mass is 35.5. The average Bonchev–Trinajstić information content (AvgIpc) is 2.37. The van der Waals surface area contributed by atoms with Crippen LogP contribution in [0.4, 0.5) is 0 Å². The van der Waals surface area contributed by atoms with Crippen molar-refractivity contribution in [3.05, 3.63) is 45.7 Å². The fraction of sp³-hybridized carbons (Fsp3) is 0.231. The standard InChI is InChI=1S/C13H12ClNO3/c1-8(13(17)18-2)15-6-5-12(16)10-4-3-9(14)7-11(10)15/h3-8H,1-2H3. The number of rotatable bonds is 2. The molecular formula is C13H12ClNO3. The lowest BCUT2D eigenvalue weighted by atomic mass is 10.2. The van der Waals surface area contributed by atoms with E-state index in [1.165, 1.54) is 13.2 Å². The molecule has 0 saturated carbocycles. The van der Waals surface area contributed by atoms with Gasteiger partial charge in [0.25, 0.3) is 0 Å². The minimum absolute atomic E-state index is 0.102. The van der Waals surface area contributed by atoms with E-state index in [-0.39, 0.29) is 11.4 Å². The van der Waals surface area contributed by atoms with Gasteiger partial charge in [-0.05, 0) is 25.1 Å². The third-order valence-corrected chi connectivity index (χ3v) is 3.08. The third-order valence-electron chi connectivity index (χ3n) is 2.85. The Hall–Kier alpha value is -1.81. The number of carbonyl (C=O) groups excluding carboxylic acids is 1. The Balaban J connectivity index is 2.72. The van der Waals surface area contributed by atoms with E-state index < -0.39 is 6.04 Å². The lowest BCUT2D eigenvalue weighted by molar-refractivity contribution is -0.143. The Morgan fingerprint density at radius 1 is 1.39 bits per heavy atom. The zero-order chi connectivity index (χ0) is 13.3. The van der Waals surface area contributed by atoms with Crippen LogP contribution in [0.5, 0.6) is 0 Å². The van der Waals surface area contributed by atoms with Gasteiger partial charge in [-0.3, -0.25) is 4.79 Å². The van der Waals surface area contributed by atoms with Crippen LogP contribution in [0.15, 0.2) is 35.3 Å². The van der Waals surface area contributed by atoms with Crippen LogP contribution in [0, 0.1) is 0 Å². The van der Waals surface area contributed by atoms with Crippen molar-refractivity contribution < 1.29 is 9.53 Å². The van der Waals surface area contributed by atoms with Gasteiger partial charge in [0.2, 0.25) is 0 Å². The topological polar surface area (TPSA) is 48.3 Å². The van der Waals surface area contributed by atoms with Crippen LogP contribution < -0.4 is 5.43 Å². The number of fused-ring (bicyclic) bond motifs is 1. The number of hydrogen-bond acceptors (Lipinski definition) is 3. The monoisotopic (exact) mass is 265 g/mol. The van der Waals surface area contributed by atoms with Crippen molar-refractivity contribution in [2.45, 2.75) is 13.0 Å². The Kier molecular flexibility index (Phi) is 3.39. The Labute approximate surface area is 109 Å². The summed E-state index contributed by atoms with van der Waals surface area (Å²) in [6.45, 7) is 1.71.